The van der Waals surface area contributed by atoms with E-state index in [1.54, 1.807) is 0 Å². The molecular formula is C26H34ClN5O2. The van der Waals surface area contributed by atoms with E-state index >= 15 is 0 Å². The number of hydrogen-bond acceptors (Lipinski definition) is 5. The summed E-state index contributed by atoms with van der Waals surface area (Å²) in [6, 6.07) is 9.94. The first kappa shape index (κ1) is 24.3. The molecule has 4 rings (SSSR count). The number of nitrogens with one attached hydrogen (secondary N) is 1. The number of nitrogens with zero attached hydrogens (tertiary/aromatic N) is 4. The molecule has 0 radical (unpaired) electrons. The Labute approximate surface area is 206 Å². The quantitative estimate of drug-likeness (QED) is 0.414. The smallest absolute Gasteiger partial charge is 0.410 e. The van der Waals surface area contributed by atoms with Gasteiger partial charge in [0.1, 0.15) is 11.4 Å². The molecule has 1 aromatic carbocycles. The zero-order valence-corrected chi connectivity index (χ0v) is 21.2. The molecule has 34 heavy (non-hydrogen) atoms. The van der Waals surface area contributed by atoms with Crippen molar-refractivity contribution >= 4 is 29.2 Å². The van der Waals surface area contributed by atoms with Crippen molar-refractivity contribution in [1.82, 2.24) is 19.5 Å². The summed E-state index contributed by atoms with van der Waals surface area (Å²) in [6.07, 6.45) is 6.68. The maximum atomic E-state index is 12.7. The maximum absolute atomic E-state index is 12.7. The van der Waals surface area contributed by atoms with Crippen LogP contribution in [0.1, 0.15) is 58.4 Å². The Morgan fingerprint density at radius 2 is 2.06 bits per heavy atom. The van der Waals surface area contributed by atoms with Crippen molar-refractivity contribution in [3.05, 3.63) is 47.1 Å². The van der Waals surface area contributed by atoms with Crippen LogP contribution in [0.15, 0.2) is 36.5 Å². The molecule has 1 unspecified atom stereocenters. The number of amides is 1. The average Bonchev–Trinajstić information content (AvgIpc) is 3.17. The molecule has 1 aliphatic rings. The van der Waals surface area contributed by atoms with E-state index < -0.39 is 5.60 Å². The van der Waals surface area contributed by atoms with E-state index in [9.17, 15) is 4.79 Å². The van der Waals surface area contributed by atoms with Crippen LogP contribution in [0.5, 0.6) is 0 Å². The summed E-state index contributed by atoms with van der Waals surface area (Å²) in [7, 11) is 0. The van der Waals surface area contributed by atoms with Gasteiger partial charge in [-0.1, -0.05) is 29.8 Å². The van der Waals surface area contributed by atoms with Gasteiger partial charge in [0.05, 0.1) is 11.9 Å². The van der Waals surface area contributed by atoms with Gasteiger partial charge in [-0.05, 0) is 65.9 Å². The molecule has 0 saturated carbocycles. The van der Waals surface area contributed by atoms with Gasteiger partial charge in [-0.15, -0.1) is 0 Å². The lowest BCUT2D eigenvalue weighted by atomic mass is 9.98. The monoisotopic (exact) mass is 483 g/mol. The van der Waals surface area contributed by atoms with Crippen LogP contribution in [-0.2, 0) is 4.74 Å². The topological polar surface area (TPSA) is 71.8 Å². The first-order chi connectivity index (χ1) is 16.2. The second-order valence-electron chi connectivity index (χ2n) is 9.96. The van der Waals surface area contributed by atoms with Crippen molar-refractivity contribution in [3.8, 4) is 11.3 Å². The van der Waals surface area contributed by atoms with E-state index in [1.165, 1.54) is 0 Å². The van der Waals surface area contributed by atoms with E-state index in [-0.39, 0.29) is 12.1 Å². The second kappa shape index (κ2) is 10.2. The van der Waals surface area contributed by atoms with Gasteiger partial charge in [-0.2, -0.15) is 9.61 Å². The molecule has 3 heterocycles. The normalized spacial score (nSPS) is 16.6. The Morgan fingerprint density at radius 3 is 2.82 bits per heavy atom. The minimum Gasteiger partial charge on any atom is -0.444 e. The number of rotatable bonds is 6. The van der Waals surface area contributed by atoms with Crippen molar-refractivity contribution in [2.45, 2.75) is 71.4 Å². The molecule has 1 aliphatic heterocycles. The average molecular weight is 484 g/mol. The highest BCUT2D eigenvalue weighted by Crippen LogP contribution is 2.29. The highest BCUT2D eigenvalue weighted by atomic mass is 35.5. The number of ether oxygens (including phenoxy) is 1. The second-order valence-corrected chi connectivity index (χ2v) is 10.4. The first-order valence-corrected chi connectivity index (χ1v) is 12.4. The van der Waals surface area contributed by atoms with Crippen LogP contribution >= 0.6 is 11.6 Å². The molecule has 3 aromatic rings. The maximum Gasteiger partial charge on any atom is 0.410 e. The number of piperidine rings is 1. The Kier molecular flexibility index (Phi) is 7.31. The van der Waals surface area contributed by atoms with Gasteiger partial charge in [0, 0.05) is 41.3 Å². The summed E-state index contributed by atoms with van der Waals surface area (Å²) in [5.74, 6) is 0.876. The summed E-state index contributed by atoms with van der Waals surface area (Å²) < 4.78 is 7.48. The van der Waals surface area contributed by atoms with Crippen LogP contribution in [0.4, 0.5) is 10.6 Å². The first-order valence-electron chi connectivity index (χ1n) is 12.1. The predicted molar refractivity (Wildman–Crippen MR) is 136 cm³/mol. The predicted octanol–water partition coefficient (Wildman–Crippen LogP) is 6.34. The molecule has 1 amide bonds. The van der Waals surface area contributed by atoms with Crippen LogP contribution in [0.2, 0.25) is 5.02 Å². The summed E-state index contributed by atoms with van der Waals surface area (Å²) in [5.41, 5.74) is 3.04. The molecule has 1 atom stereocenters. The minimum atomic E-state index is -0.478. The molecular weight excluding hydrogens is 450 g/mol. The molecule has 0 aliphatic carbocycles. The van der Waals surface area contributed by atoms with E-state index in [4.69, 9.17) is 21.3 Å². The number of anilines is 1. The standard InChI is InChI=1S/C26H34ClN5O2/c1-18-17-29-32-23(16-22(30-24(18)32)20-12-5-6-13-21(20)27)28-14-9-11-19-10-7-8-15-31(19)25(33)34-26(2,3)4/h5-6,12-13,16-17,19,28H,7-11,14-15H2,1-4H3. The number of halogens is 1. The Morgan fingerprint density at radius 1 is 1.26 bits per heavy atom. The fraction of sp³-hybridized carbons (Fsp3) is 0.500. The molecule has 8 heteroatoms. The molecule has 1 fully saturated rings. The molecule has 2 aromatic heterocycles. The van der Waals surface area contributed by atoms with Crippen LogP contribution in [0.25, 0.3) is 16.9 Å². The van der Waals surface area contributed by atoms with E-state index in [0.717, 1.165) is 73.5 Å². The van der Waals surface area contributed by atoms with E-state index in [2.05, 4.69) is 10.4 Å². The lowest BCUT2D eigenvalue weighted by Gasteiger charge is -2.37. The summed E-state index contributed by atoms with van der Waals surface area (Å²) in [4.78, 5) is 19.4. The van der Waals surface area contributed by atoms with Crippen molar-refractivity contribution in [3.63, 3.8) is 0 Å². The number of carbonyl (C=O) groups excluding carboxylic acids is 1. The van der Waals surface area contributed by atoms with Gasteiger partial charge in [0.15, 0.2) is 5.65 Å². The van der Waals surface area contributed by atoms with Crippen LogP contribution in [0, 0.1) is 6.92 Å². The Balaban J connectivity index is 1.44. The highest BCUT2D eigenvalue weighted by molar-refractivity contribution is 6.33. The third-order valence-corrected chi connectivity index (χ3v) is 6.40. The number of aryl methyl sites for hydroxylation is 1. The van der Waals surface area contributed by atoms with Gasteiger partial charge in [0.2, 0.25) is 0 Å². The van der Waals surface area contributed by atoms with Crippen molar-refractivity contribution in [2.75, 3.05) is 18.4 Å². The number of carbonyl (C=O) groups is 1. The summed E-state index contributed by atoms with van der Waals surface area (Å²) in [6.45, 7) is 9.28. The van der Waals surface area contributed by atoms with Crippen molar-refractivity contribution < 1.29 is 9.53 Å². The minimum absolute atomic E-state index is 0.197. The summed E-state index contributed by atoms with van der Waals surface area (Å²) in [5, 5.41) is 8.71. The molecule has 0 bridgehead atoms. The lowest BCUT2D eigenvalue weighted by molar-refractivity contribution is 0.00875. The lowest BCUT2D eigenvalue weighted by Crippen LogP contribution is -2.46. The highest BCUT2D eigenvalue weighted by Gasteiger charge is 2.30. The zero-order chi connectivity index (χ0) is 24.3. The van der Waals surface area contributed by atoms with Crippen molar-refractivity contribution in [2.24, 2.45) is 0 Å². The van der Waals surface area contributed by atoms with Crippen LogP contribution in [0.3, 0.4) is 0 Å². The van der Waals surface area contributed by atoms with Gasteiger partial charge in [-0.3, -0.25) is 0 Å². The third-order valence-electron chi connectivity index (χ3n) is 6.07. The van der Waals surface area contributed by atoms with Gasteiger partial charge in [-0.25, -0.2) is 9.78 Å². The Bertz CT molecular complexity index is 1150. The van der Waals surface area contributed by atoms with Crippen molar-refractivity contribution in [1.29, 1.82) is 0 Å². The fourth-order valence-electron chi connectivity index (χ4n) is 4.42. The molecule has 0 spiro atoms. The van der Waals surface area contributed by atoms with E-state index in [0.29, 0.717) is 5.02 Å². The molecule has 182 valence electrons. The number of aromatic nitrogens is 3. The zero-order valence-electron chi connectivity index (χ0n) is 20.5. The molecule has 1 saturated heterocycles. The number of benzene rings is 1. The largest absolute Gasteiger partial charge is 0.444 e. The third kappa shape index (κ3) is 5.63. The van der Waals surface area contributed by atoms with Gasteiger partial charge >= 0.3 is 6.09 Å². The fourth-order valence-corrected chi connectivity index (χ4v) is 4.65. The van der Waals surface area contributed by atoms with Crippen LogP contribution in [-0.4, -0.2) is 50.3 Å². The number of hydrogen-bond donors (Lipinski definition) is 1. The van der Waals surface area contributed by atoms with Gasteiger partial charge in [0.25, 0.3) is 0 Å². The number of fused-ring (bicyclic) bond motifs is 1. The molecule has 1 N–H and O–H groups in total. The number of likely N-dealkylation sites (tertiary alicyclic amines) is 1. The Hall–Kier alpha value is -2.80. The van der Waals surface area contributed by atoms with Crippen LogP contribution < -0.4 is 5.32 Å². The SMILES string of the molecule is Cc1cnn2c(NCCCC3CCCCN3C(=O)OC(C)(C)C)cc(-c3ccccc3Cl)nc12. The molecule has 7 nitrogen and oxygen atoms in total. The van der Waals surface area contributed by atoms with Gasteiger partial charge < -0.3 is 15.0 Å². The van der Waals surface area contributed by atoms with E-state index in [1.807, 2.05) is 73.6 Å². The summed E-state index contributed by atoms with van der Waals surface area (Å²) >= 11 is 6.44.